The van der Waals surface area contributed by atoms with Crippen LogP contribution in [0.15, 0.2) is 29.4 Å². The molecule has 0 aliphatic carbocycles. The minimum absolute atomic E-state index is 0.0294. The fraction of sp³-hybridized carbons (Fsp3) is 0.467. The number of amides is 1. The summed E-state index contributed by atoms with van der Waals surface area (Å²) in [5, 5.41) is 14.9. The highest BCUT2D eigenvalue weighted by molar-refractivity contribution is 8.00. The molecule has 1 atom stereocenters. The number of hydrogen-bond donors (Lipinski definition) is 1. The zero-order valence-electron chi connectivity index (χ0n) is 13.7. The van der Waals surface area contributed by atoms with E-state index in [2.05, 4.69) is 34.7 Å². The van der Waals surface area contributed by atoms with E-state index < -0.39 is 0 Å². The fourth-order valence-corrected chi connectivity index (χ4v) is 2.69. The average Bonchev–Trinajstić information content (AvgIpc) is 3.00. The molecule has 0 fully saturated rings. The van der Waals surface area contributed by atoms with E-state index in [4.69, 9.17) is 4.74 Å². The molecular formula is C15H21N5O2S. The topological polar surface area (TPSA) is 81.9 Å². The summed E-state index contributed by atoms with van der Waals surface area (Å²) in [5.74, 6) is 1.05. The van der Waals surface area contributed by atoms with Crippen molar-refractivity contribution < 1.29 is 9.53 Å². The van der Waals surface area contributed by atoms with Crippen LogP contribution in [0.3, 0.4) is 0 Å². The molecule has 1 heterocycles. The second-order valence-electron chi connectivity index (χ2n) is 5.44. The second kappa shape index (κ2) is 7.96. The number of carbonyl (C=O) groups excluding carboxylic acids is 1. The number of para-hydroxylation sites is 2. The quantitative estimate of drug-likeness (QED) is 0.779. The minimum Gasteiger partial charge on any atom is -0.494 e. The highest BCUT2D eigenvalue weighted by atomic mass is 32.2. The lowest BCUT2D eigenvalue weighted by molar-refractivity contribution is -0.120. The Balaban J connectivity index is 2.14. The van der Waals surface area contributed by atoms with Crippen LogP contribution in [0.5, 0.6) is 5.75 Å². The number of thioether (sulfide) groups is 1. The first-order valence-corrected chi connectivity index (χ1v) is 8.27. The summed E-state index contributed by atoms with van der Waals surface area (Å²) in [6.45, 7) is 6.60. The monoisotopic (exact) mass is 335 g/mol. The van der Waals surface area contributed by atoms with Crippen molar-refractivity contribution in [3.63, 3.8) is 0 Å². The average molecular weight is 335 g/mol. The Morgan fingerprint density at radius 1 is 1.35 bits per heavy atom. The summed E-state index contributed by atoms with van der Waals surface area (Å²) in [6, 6.07) is 7.46. The van der Waals surface area contributed by atoms with E-state index in [0.717, 1.165) is 5.69 Å². The molecule has 0 spiro atoms. The molecule has 0 aliphatic rings. The van der Waals surface area contributed by atoms with Gasteiger partial charge in [0.25, 0.3) is 0 Å². The van der Waals surface area contributed by atoms with Crippen LogP contribution in [0, 0.1) is 5.92 Å². The SMILES string of the molecule is COc1ccccc1-n1nnnc1SC(C)C(=O)NCC(C)C. The summed E-state index contributed by atoms with van der Waals surface area (Å²) >= 11 is 1.31. The van der Waals surface area contributed by atoms with Gasteiger partial charge in [-0.15, -0.1) is 5.10 Å². The highest BCUT2D eigenvalue weighted by Crippen LogP contribution is 2.27. The summed E-state index contributed by atoms with van der Waals surface area (Å²) in [7, 11) is 1.60. The molecule has 1 unspecified atom stereocenters. The van der Waals surface area contributed by atoms with Crippen molar-refractivity contribution in [3.8, 4) is 11.4 Å². The Hall–Kier alpha value is -2.09. The first-order valence-electron chi connectivity index (χ1n) is 7.39. The number of nitrogens with one attached hydrogen (secondary N) is 1. The molecule has 1 amide bonds. The summed E-state index contributed by atoms with van der Waals surface area (Å²) < 4.78 is 6.92. The van der Waals surface area contributed by atoms with Gasteiger partial charge in [0, 0.05) is 6.54 Å². The number of tetrazole rings is 1. The normalized spacial score (nSPS) is 12.2. The lowest BCUT2D eigenvalue weighted by atomic mass is 10.2. The molecular weight excluding hydrogens is 314 g/mol. The summed E-state index contributed by atoms with van der Waals surface area (Å²) in [4.78, 5) is 12.1. The predicted octanol–water partition coefficient (Wildman–Crippen LogP) is 1.92. The van der Waals surface area contributed by atoms with Crippen LogP contribution in [0.25, 0.3) is 5.69 Å². The van der Waals surface area contributed by atoms with Gasteiger partial charge in [-0.2, -0.15) is 4.68 Å². The van der Waals surface area contributed by atoms with Gasteiger partial charge < -0.3 is 10.1 Å². The first-order chi connectivity index (χ1) is 11.0. The lowest BCUT2D eigenvalue weighted by Gasteiger charge is -2.13. The van der Waals surface area contributed by atoms with E-state index in [-0.39, 0.29) is 11.2 Å². The van der Waals surface area contributed by atoms with Gasteiger partial charge in [-0.25, -0.2) is 0 Å². The highest BCUT2D eigenvalue weighted by Gasteiger charge is 2.20. The number of aromatic nitrogens is 4. The number of methoxy groups -OCH3 is 1. The maximum absolute atomic E-state index is 12.1. The van der Waals surface area contributed by atoms with Gasteiger partial charge in [0.15, 0.2) is 0 Å². The van der Waals surface area contributed by atoms with Gasteiger partial charge in [-0.3, -0.25) is 4.79 Å². The molecule has 2 rings (SSSR count). The first kappa shape index (κ1) is 17.3. The van der Waals surface area contributed by atoms with Crippen LogP contribution in [0.4, 0.5) is 0 Å². The Bertz CT molecular complexity index is 659. The van der Waals surface area contributed by atoms with E-state index in [9.17, 15) is 4.79 Å². The molecule has 1 aromatic heterocycles. The van der Waals surface area contributed by atoms with Crippen LogP contribution >= 0.6 is 11.8 Å². The zero-order chi connectivity index (χ0) is 16.8. The molecule has 0 aliphatic heterocycles. The van der Waals surface area contributed by atoms with E-state index >= 15 is 0 Å². The van der Waals surface area contributed by atoms with Gasteiger partial charge in [0.1, 0.15) is 11.4 Å². The maximum Gasteiger partial charge on any atom is 0.233 e. The number of carbonyl (C=O) groups is 1. The zero-order valence-corrected chi connectivity index (χ0v) is 14.5. The van der Waals surface area contributed by atoms with E-state index in [1.807, 2.05) is 31.2 Å². The molecule has 0 radical (unpaired) electrons. The van der Waals surface area contributed by atoms with Crippen LogP contribution in [0.2, 0.25) is 0 Å². The molecule has 8 heteroatoms. The Morgan fingerprint density at radius 2 is 2.09 bits per heavy atom. The van der Waals surface area contributed by atoms with E-state index in [1.54, 1.807) is 11.8 Å². The molecule has 1 N–H and O–H groups in total. The molecule has 0 saturated carbocycles. The standard InChI is InChI=1S/C15H21N5O2S/c1-10(2)9-16-14(21)11(3)23-15-17-18-19-20(15)12-7-5-6-8-13(12)22-4/h5-8,10-11H,9H2,1-4H3,(H,16,21). The largest absolute Gasteiger partial charge is 0.494 e. The van der Waals surface area contributed by atoms with Crippen molar-refractivity contribution in [2.75, 3.05) is 13.7 Å². The van der Waals surface area contributed by atoms with Gasteiger partial charge in [0.2, 0.25) is 11.1 Å². The Morgan fingerprint density at radius 3 is 2.78 bits per heavy atom. The van der Waals surface area contributed by atoms with E-state index in [0.29, 0.717) is 23.4 Å². The fourth-order valence-electron chi connectivity index (χ4n) is 1.87. The lowest BCUT2D eigenvalue weighted by Crippen LogP contribution is -2.33. The van der Waals surface area contributed by atoms with Crippen molar-refractivity contribution in [2.45, 2.75) is 31.2 Å². The Kier molecular flexibility index (Phi) is 5.97. The molecule has 7 nitrogen and oxygen atoms in total. The van der Waals surface area contributed by atoms with Crippen molar-refractivity contribution >= 4 is 17.7 Å². The number of ether oxygens (including phenoxy) is 1. The van der Waals surface area contributed by atoms with Gasteiger partial charge >= 0.3 is 0 Å². The van der Waals surface area contributed by atoms with Crippen LogP contribution < -0.4 is 10.1 Å². The van der Waals surface area contributed by atoms with Crippen molar-refractivity contribution in [1.29, 1.82) is 0 Å². The van der Waals surface area contributed by atoms with E-state index in [1.165, 1.54) is 11.8 Å². The predicted molar refractivity (Wildman–Crippen MR) is 88.9 cm³/mol. The summed E-state index contributed by atoms with van der Waals surface area (Å²) in [6.07, 6.45) is 0. The third-order valence-corrected chi connectivity index (χ3v) is 4.12. The number of nitrogens with zero attached hydrogens (tertiary/aromatic N) is 4. The second-order valence-corrected chi connectivity index (χ2v) is 6.75. The van der Waals surface area contributed by atoms with Gasteiger partial charge in [-0.05, 0) is 35.4 Å². The van der Waals surface area contributed by atoms with Gasteiger partial charge in [-0.1, -0.05) is 37.7 Å². The molecule has 0 saturated heterocycles. The van der Waals surface area contributed by atoms with Crippen LogP contribution in [0.1, 0.15) is 20.8 Å². The summed E-state index contributed by atoms with van der Waals surface area (Å²) in [5.41, 5.74) is 0.734. The molecule has 124 valence electrons. The molecule has 2 aromatic rings. The van der Waals surface area contributed by atoms with Crippen molar-refractivity contribution in [2.24, 2.45) is 5.92 Å². The third-order valence-electron chi connectivity index (χ3n) is 3.09. The molecule has 23 heavy (non-hydrogen) atoms. The number of benzene rings is 1. The maximum atomic E-state index is 12.1. The minimum atomic E-state index is -0.298. The Labute approximate surface area is 139 Å². The number of hydrogen-bond acceptors (Lipinski definition) is 6. The number of rotatable bonds is 7. The smallest absolute Gasteiger partial charge is 0.233 e. The van der Waals surface area contributed by atoms with Crippen LogP contribution in [-0.2, 0) is 4.79 Å². The molecule has 1 aromatic carbocycles. The molecule has 0 bridgehead atoms. The van der Waals surface area contributed by atoms with Crippen LogP contribution in [-0.4, -0.2) is 45.0 Å². The van der Waals surface area contributed by atoms with Crippen molar-refractivity contribution in [1.82, 2.24) is 25.5 Å². The third kappa shape index (κ3) is 4.44. The van der Waals surface area contributed by atoms with Gasteiger partial charge in [0.05, 0.1) is 12.4 Å². The van der Waals surface area contributed by atoms with Crippen molar-refractivity contribution in [3.05, 3.63) is 24.3 Å².